The summed E-state index contributed by atoms with van der Waals surface area (Å²) < 4.78 is 9.68. The summed E-state index contributed by atoms with van der Waals surface area (Å²) in [5.74, 6) is -0.990. The highest BCUT2D eigenvalue weighted by molar-refractivity contribution is 6.52. The summed E-state index contributed by atoms with van der Waals surface area (Å²) in [5.41, 5.74) is 2.20. The first-order valence-electron chi connectivity index (χ1n) is 7.93. The van der Waals surface area contributed by atoms with E-state index in [4.69, 9.17) is 4.74 Å². The molecule has 1 heterocycles. The van der Waals surface area contributed by atoms with Gasteiger partial charge in [0, 0.05) is 6.08 Å². The number of methoxy groups -OCH3 is 2. The number of Topliss-reactive ketones (excluding diaryl/α,β-unsaturated/α-hetero) is 1. The molecule has 0 saturated carbocycles. The standard InChI is InChI=1S/C20H17NO5/c1-25-15-9-6-13(7-10-15)12-21-16-5-3-4-14(8-11-17(22)26-2)18(16)19(23)20(21)24/h3-11H,12H2,1-2H3/b11-8+. The van der Waals surface area contributed by atoms with Gasteiger partial charge < -0.3 is 14.4 Å². The van der Waals surface area contributed by atoms with Crippen LogP contribution in [0.4, 0.5) is 5.69 Å². The van der Waals surface area contributed by atoms with E-state index < -0.39 is 17.7 Å². The fourth-order valence-electron chi connectivity index (χ4n) is 2.80. The van der Waals surface area contributed by atoms with Crippen LogP contribution >= 0.6 is 0 Å². The fraction of sp³-hybridized carbons (Fsp3) is 0.150. The minimum atomic E-state index is -0.588. The topological polar surface area (TPSA) is 72.9 Å². The largest absolute Gasteiger partial charge is 0.497 e. The molecule has 0 saturated heterocycles. The van der Waals surface area contributed by atoms with Crippen LogP contribution in [0.1, 0.15) is 21.5 Å². The predicted octanol–water partition coefficient (Wildman–Crippen LogP) is 2.61. The zero-order valence-electron chi connectivity index (χ0n) is 14.4. The van der Waals surface area contributed by atoms with E-state index in [1.807, 2.05) is 12.1 Å². The monoisotopic (exact) mass is 351 g/mol. The Morgan fingerprint density at radius 2 is 1.81 bits per heavy atom. The van der Waals surface area contributed by atoms with Gasteiger partial charge in [0.15, 0.2) is 0 Å². The maximum absolute atomic E-state index is 12.5. The van der Waals surface area contributed by atoms with E-state index in [1.165, 1.54) is 24.2 Å². The molecule has 0 N–H and O–H groups in total. The number of esters is 1. The van der Waals surface area contributed by atoms with Gasteiger partial charge in [0.2, 0.25) is 0 Å². The highest BCUT2D eigenvalue weighted by Crippen LogP contribution is 2.33. The first-order chi connectivity index (χ1) is 12.5. The third-order valence-electron chi connectivity index (χ3n) is 4.13. The summed E-state index contributed by atoms with van der Waals surface area (Å²) >= 11 is 0. The number of carbonyl (C=O) groups excluding carboxylic acids is 3. The van der Waals surface area contributed by atoms with Crippen molar-refractivity contribution in [2.45, 2.75) is 6.54 Å². The number of rotatable bonds is 5. The van der Waals surface area contributed by atoms with Crippen molar-refractivity contribution in [2.24, 2.45) is 0 Å². The van der Waals surface area contributed by atoms with Gasteiger partial charge in [-0.25, -0.2) is 4.79 Å². The van der Waals surface area contributed by atoms with Crippen LogP contribution in [0.3, 0.4) is 0 Å². The number of fused-ring (bicyclic) bond motifs is 1. The van der Waals surface area contributed by atoms with Crippen LogP contribution in [0, 0.1) is 0 Å². The van der Waals surface area contributed by atoms with Gasteiger partial charge in [-0.15, -0.1) is 0 Å². The molecule has 6 nitrogen and oxygen atoms in total. The maximum Gasteiger partial charge on any atom is 0.330 e. The Bertz CT molecular complexity index is 899. The SMILES string of the molecule is COC(=O)/C=C/c1cccc2c1C(=O)C(=O)N2Cc1ccc(OC)cc1. The second-order valence-electron chi connectivity index (χ2n) is 5.67. The second kappa shape index (κ2) is 7.23. The van der Waals surface area contributed by atoms with Crippen LogP contribution in [0.2, 0.25) is 0 Å². The van der Waals surface area contributed by atoms with Gasteiger partial charge >= 0.3 is 5.97 Å². The number of amides is 1. The molecule has 1 aliphatic heterocycles. The molecule has 0 aromatic heterocycles. The van der Waals surface area contributed by atoms with Crippen molar-refractivity contribution < 1.29 is 23.9 Å². The van der Waals surface area contributed by atoms with E-state index in [0.29, 0.717) is 22.6 Å². The zero-order chi connectivity index (χ0) is 18.7. The van der Waals surface area contributed by atoms with Crippen molar-refractivity contribution in [2.75, 3.05) is 19.1 Å². The Labute approximate surface area is 150 Å². The van der Waals surface area contributed by atoms with Gasteiger partial charge in [-0.1, -0.05) is 24.3 Å². The van der Waals surface area contributed by atoms with Crippen LogP contribution in [0.25, 0.3) is 6.08 Å². The molecule has 132 valence electrons. The highest BCUT2D eigenvalue weighted by atomic mass is 16.5. The van der Waals surface area contributed by atoms with Gasteiger partial charge in [-0.2, -0.15) is 0 Å². The van der Waals surface area contributed by atoms with Gasteiger partial charge in [0.25, 0.3) is 11.7 Å². The van der Waals surface area contributed by atoms with Crippen molar-refractivity contribution in [3.8, 4) is 5.75 Å². The molecule has 0 atom stereocenters. The van der Waals surface area contributed by atoms with E-state index in [0.717, 1.165) is 5.56 Å². The third kappa shape index (κ3) is 3.21. The van der Waals surface area contributed by atoms with Crippen molar-refractivity contribution in [3.05, 3.63) is 65.2 Å². The Kier molecular flexibility index (Phi) is 4.84. The molecule has 2 aromatic carbocycles. The summed E-state index contributed by atoms with van der Waals surface area (Å²) in [5, 5.41) is 0. The molecule has 1 amide bonds. The summed E-state index contributed by atoms with van der Waals surface area (Å²) in [7, 11) is 2.85. The van der Waals surface area contributed by atoms with Crippen LogP contribution < -0.4 is 9.64 Å². The number of ketones is 1. The van der Waals surface area contributed by atoms with Crippen LogP contribution in [-0.4, -0.2) is 31.9 Å². The maximum atomic E-state index is 12.5. The van der Waals surface area contributed by atoms with Gasteiger partial charge in [-0.05, 0) is 35.4 Å². The van der Waals surface area contributed by atoms with Crippen LogP contribution in [0.5, 0.6) is 5.75 Å². The Morgan fingerprint density at radius 1 is 1.08 bits per heavy atom. The van der Waals surface area contributed by atoms with E-state index in [1.54, 1.807) is 37.4 Å². The van der Waals surface area contributed by atoms with Crippen molar-refractivity contribution in [1.82, 2.24) is 0 Å². The first kappa shape index (κ1) is 17.4. The van der Waals surface area contributed by atoms with Crippen LogP contribution in [0.15, 0.2) is 48.5 Å². The molecule has 3 rings (SSSR count). The summed E-state index contributed by atoms with van der Waals surface area (Å²) in [6.45, 7) is 0.270. The second-order valence-corrected chi connectivity index (χ2v) is 5.67. The summed E-state index contributed by atoms with van der Waals surface area (Å²) in [4.78, 5) is 37.7. The number of carbonyl (C=O) groups is 3. The average molecular weight is 351 g/mol. The lowest BCUT2D eigenvalue weighted by molar-refractivity contribution is -0.134. The van der Waals surface area contributed by atoms with E-state index in [-0.39, 0.29) is 6.54 Å². The number of anilines is 1. The molecule has 0 fully saturated rings. The lowest BCUT2D eigenvalue weighted by Crippen LogP contribution is -2.29. The van der Waals surface area contributed by atoms with Gasteiger partial charge in [0.05, 0.1) is 32.0 Å². The average Bonchev–Trinajstić information content (AvgIpc) is 2.92. The third-order valence-corrected chi connectivity index (χ3v) is 4.13. The minimum Gasteiger partial charge on any atom is -0.497 e. The summed E-state index contributed by atoms with van der Waals surface area (Å²) in [6.07, 6.45) is 2.70. The molecule has 0 spiro atoms. The Balaban J connectivity index is 1.94. The highest BCUT2D eigenvalue weighted by Gasteiger charge is 2.37. The molecule has 0 bridgehead atoms. The number of benzene rings is 2. The van der Waals surface area contributed by atoms with Crippen molar-refractivity contribution in [1.29, 1.82) is 0 Å². The predicted molar refractivity (Wildman–Crippen MR) is 96.0 cm³/mol. The first-order valence-corrected chi connectivity index (χ1v) is 7.93. The number of hydrogen-bond acceptors (Lipinski definition) is 5. The van der Waals surface area contributed by atoms with Crippen molar-refractivity contribution >= 4 is 29.4 Å². The number of nitrogens with zero attached hydrogens (tertiary/aromatic N) is 1. The smallest absolute Gasteiger partial charge is 0.330 e. The minimum absolute atomic E-state index is 0.270. The Hall–Kier alpha value is -3.41. The molecule has 0 radical (unpaired) electrons. The van der Waals surface area contributed by atoms with E-state index in [9.17, 15) is 14.4 Å². The van der Waals surface area contributed by atoms with E-state index in [2.05, 4.69) is 4.74 Å². The lowest BCUT2D eigenvalue weighted by atomic mass is 10.0. The van der Waals surface area contributed by atoms with E-state index >= 15 is 0 Å². The molecule has 0 aliphatic carbocycles. The molecular weight excluding hydrogens is 334 g/mol. The van der Waals surface area contributed by atoms with Crippen molar-refractivity contribution in [3.63, 3.8) is 0 Å². The molecule has 1 aliphatic rings. The Morgan fingerprint density at radius 3 is 2.46 bits per heavy atom. The van der Waals surface area contributed by atoms with Gasteiger partial charge in [-0.3, -0.25) is 9.59 Å². The molecular formula is C20H17NO5. The fourth-order valence-corrected chi connectivity index (χ4v) is 2.80. The number of hydrogen-bond donors (Lipinski definition) is 0. The molecule has 2 aromatic rings. The van der Waals surface area contributed by atoms with Crippen LogP contribution in [-0.2, 0) is 20.9 Å². The zero-order valence-corrected chi connectivity index (χ0v) is 14.4. The molecule has 0 unspecified atom stereocenters. The number of ether oxygens (including phenoxy) is 2. The lowest BCUT2D eigenvalue weighted by Gasteiger charge is -2.17. The summed E-state index contributed by atoms with van der Waals surface area (Å²) in [6, 6.07) is 12.4. The quantitative estimate of drug-likeness (QED) is 0.470. The molecule has 26 heavy (non-hydrogen) atoms. The van der Waals surface area contributed by atoms with Gasteiger partial charge in [0.1, 0.15) is 5.75 Å². The molecule has 6 heteroatoms. The normalized spacial score (nSPS) is 13.2.